The molecule has 0 unspecified atom stereocenters. The summed E-state index contributed by atoms with van der Waals surface area (Å²) >= 11 is 0. The average Bonchev–Trinajstić information content (AvgIpc) is 2.84. The van der Waals surface area contributed by atoms with Crippen LogP contribution in [0.2, 0.25) is 0 Å². The SMILES string of the molecule is CCOC(=O)c1cc(-c2ccc(-c3ccccc3)cc2)c2c(=O)oc3ccccc3c2n1. The summed E-state index contributed by atoms with van der Waals surface area (Å²) in [6.45, 7) is 1.98. The second-order valence-electron chi connectivity index (χ2n) is 7.33. The van der Waals surface area contributed by atoms with Crippen LogP contribution in [0.3, 0.4) is 0 Å². The number of fused-ring (bicyclic) bond motifs is 3. The molecule has 5 aromatic rings. The zero-order chi connectivity index (χ0) is 22.1. The summed E-state index contributed by atoms with van der Waals surface area (Å²) in [6.07, 6.45) is 0. The molecule has 5 heteroatoms. The zero-order valence-corrected chi connectivity index (χ0v) is 17.4. The van der Waals surface area contributed by atoms with Gasteiger partial charge in [0.15, 0.2) is 0 Å². The van der Waals surface area contributed by atoms with Crippen LogP contribution in [0.15, 0.2) is 94.1 Å². The van der Waals surface area contributed by atoms with E-state index >= 15 is 0 Å². The van der Waals surface area contributed by atoms with Crippen molar-refractivity contribution in [3.8, 4) is 22.3 Å². The molecule has 5 rings (SSSR count). The number of hydrogen-bond acceptors (Lipinski definition) is 5. The molecule has 0 aliphatic carbocycles. The van der Waals surface area contributed by atoms with Crippen LogP contribution >= 0.6 is 0 Å². The largest absolute Gasteiger partial charge is 0.461 e. The van der Waals surface area contributed by atoms with Gasteiger partial charge in [0, 0.05) is 10.9 Å². The molecule has 5 nitrogen and oxygen atoms in total. The third-order valence-electron chi connectivity index (χ3n) is 5.36. The number of rotatable bonds is 4. The first-order valence-electron chi connectivity index (χ1n) is 10.4. The van der Waals surface area contributed by atoms with E-state index < -0.39 is 11.6 Å². The molecule has 156 valence electrons. The minimum atomic E-state index is -0.533. The summed E-state index contributed by atoms with van der Waals surface area (Å²) in [7, 11) is 0. The van der Waals surface area contributed by atoms with Crippen molar-refractivity contribution in [3.05, 3.63) is 101 Å². The first-order valence-corrected chi connectivity index (χ1v) is 10.4. The summed E-state index contributed by atoms with van der Waals surface area (Å²) in [5.74, 6) is -0.533. The van der Waals surface area contributed by atoms with E-state index in [0.717, 1.165) is 16.7 Å². The number of carbonyl (C=O) groups is 1. The topological polar surface area (TPSA) is 69.4 Å². The van der Waals surface area contributed by atoms with E-state index in [0.29, 0.717) is 27.4 Å². The fraction of sp³-hybridized carbons (Fsp3) is 0.0741. The third kappa shape index (κ3) is 3.44. The van der Waals surface area contributed by atoms with Crippen molar-refractivity contribution in [2.75, 3.05) is 6.61 Å². The second kappa shape index (κ2) is 8.12. The third-order valence-corrected chi connectivity index (χ3v) is 5.36. The van der Waals surface area contributed by atoms with E-state index in [4.69, 9.17) is 9.15 Å². The van der Waals surface area contributed by atoms with E-state index in [9.17, 15) is 9.59 Å². The van der Waals surface area contributed by atoms with Crippen molar-refractivity contribution in [1.82, 2.24) is 4.98 Å². The highest BCUT2D eigenvalue weighted by Gasteiger charge is 2.19. The van der Waals surface area contributed by atoms with Crippen LogP contribution in [0.4, 0.5) is 0 Å². The average molecular weight is 421 g/mol. The van der Waals surface area contributed by atoms with Gasteiger partial charge >= 0.3 is 11.6 Å². The van der Waals surface area contributed by atoms with Crippen molar-refractivity contribution in [3.63, 3.8) is 0 Å². The molecule has 3 aromatic carbocycles. The number of ether oxygens (including phenoxy) is 1. The highest BCUT2D eigenvalue weighted by molar-refractivity contribution is 6.09. The molecule has 32 heavy (non-hydrogen) atoms. The van der Waals surface area contributed by atoms with Crippen LogP contribution in [0, 0.1) is 0 Å². The van der Waals surface area contributed by atoms with Crippen LogP contribution < -0.4 is 5.63 Å². The Kier molecular flexibility index (Phi) is 5.00. The maximum atomic E-state index is 13.0. The number of benzene rings is 3. The Balaban J connectivity index is 1.77. The number of nitrogens with zero attached hydrogens (tertiary/aromatic N) is 1. The molecule has 0 saturated heterocycles. The van der Waals surface area contributed by atoms with Gasteiger partial charge in [0.25, 0.3) is 0 Å². The lowest BCUT2D eigenvalue weighted by molar-refractivity contribution is 0.0520. The van der Waals surface area contributed by atoms with E-state index in [-0.39, 0.29) is 12.3 Å². The first kappa shape index (κ1) is 19.7. The molecule has 0 fully saturated rings. The summed E-state index contributed by atoms with van der Waals surface area (Å²) in [6, 6.07) is 26.6. The lowest BCUT2D eigenvalue weighted by Crippen LogP contribution is -2.10. The van der Waals surface area contributed by atoms with Gasteiger partial charge in [0.05, 0.1) is 17.5 Å². The summed E-state index contributed by atoms with van der Waals surface area (Å²) in [5, 5.41) is 1.000. The minimum absolute atomic E-state index is 0.150. The van der Waals surface area contributed by atoms with E-state index in [1.165, 1.54) is 0 Å². The lowest BCUT2D eigenvalue weighted by atomic mass is 9.97. The van der Waals surface area contributed by atoms with Crippen LogP contribution in [0.5, 0.6) is 0 Å². The van der Waals surface area contributed by atoms with Gasteiger partial charge in [-0.3, -0.25) is 0 Å². The van der Waals surface area contributed by atoms with Gasteiger partial charge < -0.3 is 9.15 Å². The summed E-state index contributed by atoms with van der Waals surface area (Å²) in [4.78, 5) is 30.0. The highest BCUT2D eigenvalue weighted by atomic mass is 16.5. The van der Waals surface area contributed by atoms with Gasteiger partial charge in [0.1, 0.15) is 11.3 Å². The van der Waals surface area contributed by atoms with Gasteiger partial charge in [-0.1, -0.05) is 66.7 Å². The molecular formula is C27H19NO4. The minimum Gasteiger partial charge on any atom is -0.461 e. The van der Waals surface area contributed by atoms with Crippen LogP contribution in [-0.2, 0) is 4.74 Å². The zero-order valence-electron chi connectivity index (χ0n) is 17.4. The Morgan fingerprint density at radius 1 is 0.875 bits per heavy atom. The fourth-order valence-electron chi connectivity index (χ4n) is 3.86. The molecule has 0 radical (unpaired) electrons. The van der Waals surface area contributed by atoms with Crippen LogP contribution in [0.25, 0.3) is 44.1 Å². The monoisotopic (exact) mass is 421 g/mol. The fourth-order valence-corrected chi connectivity index (χ4v) is 3.86. The van der Waals surface area contributed by atoms with Crippen molar-refractivity contribution in [2.45, 2.75) is 6.92 Å². The quantitative estimate of drug-likeness (QED) is 0.207. The highest BCUT2D eigenvalue weighted by Crippen LogP contribution is 2.32. The molecule has 0 aliphatic rings. The number of para-hydroxylation sites is 1. The number of pyridine rings is 1. The van der Waals surface area contributed by atoms with E-state index in [2.05, 4.69) is 4.98 Å². The number of hydrogen-bond donors (Lipinski definition) is 0. The van der Waals surface area contributed by atoms with Crippen LogP contribution in [-0.4, -0.2) is 17.6 Å². The van der Waals surface area contributed by atoms with Gasteiger partial charge in [-0.05, 0) is 41.8 Å². The molecule has 2 heterocycles. The van der Waals surface area contributed by atoms with Gasteiger partial charge in [-0.25, -0.2) is 14.6 Å². The number of aromatic nitrogens is 1. The molecule has 0 aliphatic heterocycles. The molecule has 0 saturated carbocycles. The Bertz CT molecular complexity index is 1500. The molecule has 2 aromatic heterocycles. The Hall–Kier alpha value is -4.25. The normalized spacial score (nSPS) is 11.0. The Labute approximate surface area is 183 Å². The van der Waals surface area contributed by atoms with Crippen molar-refractivity contribution in [1.29, 1.82) is 0 Å². The van der Waals surface area contributed by atoms with Gasteiger partial charge in [0.2, 0.25) is 0 Å². The summed E-state index contributed by atoms with van der Waals surface area (Å²) in [5.41, 5.74) is 4.00. The van der Waals surface area contributed by atoms with Gasteiger partial charge in [-0.2, -0.15) is 0 Å². The first-order chi connectivity index (χ1) is 15.7. The predicted octanol–water partition coefficient (Wildman–Crippen LogP) is 5.85. The van der Waals surface area contributed by atoms with Crippen LogP contribution in [0.1, 0.15) is 17.4 Å². The molecule has 0 amide bonds. The molecule has 0 spiro atoms. The molecule has 0 atom stereocenters. The van der Waals surface area contributed by atoms with Crippen molar-refractivity contribution >= 4 is 27.8 Å². The Morgan fingerprint density at radius 2 is 1.53 bits per heavy atom. The van der Waals surface area contributed by atoms with E-state index in [1.54, 1.807) is 25.1 Å². The van der Waals surface area contributed by atoms with E-state index in [1.807, 2.05) is 66.7 Å². The molecular weight excluding hydrogens is 402 g/mol. The Morgan fingerprint density at radius 3 is 2.28 bits per heavy atom. The second-order valence-corrected chi connectivity index (χ2v) is 7.33. The predicted molar refractivity (Wildman–Crippen MR) is 125 cm³/mol. The maximum Gasteiger partial charge on any atom is 0.356 e. The maximum absolute atomic E-state index is 13.0. The standard InChI is InChI=1S/C27H19NO4/c1-2-31-26(29)22-16-21(19-14-12-18(13-15-19)17-8-4-3-5-9-17)24-25(28-22)20-10-6-7-11-23(20)32-27(24)30/h3-16H,2H2,1H3. The smallest absolute Gasteiger partial charge is 0.356 e. The number of esters is 1. The van der Waals surface area contributed by atoms with Crippen molar-refractivity contribution in [2.24, 2.45) is 0 Å². The van der Waals surface area contributed by atoms with Crippen molar-refractivity contribution < 1.29 is 13.9 Å². The molecule has 0 N–H and O–H groups in total. The summed E-state index contributed by atoms with van der Waals surface area (Å²) < 4.78 is 10.8. The number of carbonyl (C=O) groups excluding carboxylic acids is 1. The van der Waals surface area contributed by atoms with Gasteiger partial charge in [-0.15, -0.1) is 0 Å². The lowest BCUT2D eigenvalue weighted by Gasteiger charge is -2.11. The molecule has 0 bridgehead atoms.